The van der Waals surface area contributed by atoms with Crippen molar-refractivity contribution in [2.75, 3.05) is 13.2 Å². The predicted molar refractivity (Wildman–Crippen MR) is 101 cm³/mol. The van der Waals surface area contributed by atoms with Gasteiger partial charge in [0.1, 0.15) is 0 Å². The molecule has 1 aliphatic rings. The lowest BCUT2D eigenvalue weighted by molar-refractivity contribution is -0.158. The Morgan fingerprint density at radius 3 is 2.42 bits per heavy atom. The third-order valence-electron chi connectivity index (χ3n) is 3.34. The first kappa shape index (κ1) is 20.4. The van der Waals surface area contributed by atoms with E-state index >= 15 is 0 Å². The third-order valence-corrected chi connectivity index (χ3v) is 3.34. The van der Waals surface area contributed by atoms with Gasteiger partial charge in [0.2, 0.25) is 11.9 Å². The zero-order valence-corrected chi connectivity index (χ0v) is 15.9. The normalized spacial score (nSPS) is 16.2. The van der Waals surface area contributed by atoms with E-state index in [1.54, 1.807) is 0 Å². The second-order valence-electron chi connectivity index (χ2n) is 5.81. The van der Waals surface area contributed by atoms with Crippen LogP contribution in [0.4, 0.5) is 0 Å². The van der Waals surface area contributed by atoms with Crippen molar-refractivity contribution in [1.29, 1.82) is 0 Å². The maximum Gasteiger partial charge on any atom is 0.226 e. The summed E-state index contributed by atoms with van der Waals surface area (Å²) in [7, 11) is 0. The third kappa shape index (κ3) is 6.10. The number of ether oxygens (including phenoxy) is 1. The van der Waals surface area contributed by atoms with Crippen molar-refractivity contribution >= 4 is 28.9 Å². The molecule has 0 unspecified atom stereocenters. The molecule has 0 aromatic heterocycles. The van der Waals surface area contributed by atoms with Crippen LogP contribution in [-0.2, 0) is 16.2 Å². The van der Waals surface area contributed by atoms with Gasteiger partial charge in [0.25, 0.3) is 0 Å². The molecule has 134 valence electrons. The highest BCUT2D eigenvalue weighted by Crippen LogP contribution is 2.19. The number of rotatable bonds is 8. The van der Waals surface area contributed by atoms with E-state index in [2.05, 4.69) is 22.1 Å². The Labute approximate surface area is 153 Å². The first-order valence-electron chi connectivity index (χ1n) is 7.73. The molecule has 0 amide bonds. The van der Waals surface area contributed by atoms with Gasteiger partial charge >= 0.3 is 0 Å². The topological polar surface area (TPSA) is 98.5 Å². The zero-order valence-electron chi connectivity index (χ0n) is 14.1. The number of unbranched alkanes of at least 4 members (excludes halogenated alkanes) is 1. The SMILES string of the molecule is Br.CC1(C)N=C(N)N=C(N)N1OCCCCOCc1ccccc1. The first-order chi connectivity index (χ1) is 11.0. The summed E-state index contributed by atoms with van der Waals surface area (Å²) in [6.45, 7) is 5.57. The predicted octanol–water partition coefficient (Wildman–Crippen LogP) is 2.17. The zero-order chi connectivity index (χ0) is 16.7. The van der Waals surface area contributed by atoms with Crippen LogP contribution in [0, 0.1) is 0 Å². The van der Waals surface area contributed by atoms with Crippen LogP contribution < -0.4 is 11.5 Å². The Morgan fingerprint density at radius 2 is 1.75 bits per heavy atom. The lowest BCUT2D eigenvalue weighted by atomic mass is 10.2. The molecule has 1 aliphatic heterocycles. The Kier molecular flexibility index (Phi) is 8.17. The van der Waals surface area contributed by atoms with Gasteiger partial charge in [0.05, 0.1) is 13.2 Å². The number of hydrogen-bond acceptors (Lipinski definition) is 7. The summed E-state index contributed by atoms with van der Waals surface area (Å²) >= 11 is 0. The van der Waals surface area contributed by atoms with Gasteiger partial charge in [0, 0.05) is 6.61 Å². The van der Waals surface area contributed by atoms with Crippen LogP contribution in [0.1, 0.15) is 32.3 Å². The van der Waals surface area contributed by atoms with Crippen LogP contribution in [0.5, 0.6) is 0 Å². The summed E-state index contributed by atoms with van der Waals surface area (Å²) in [6.07, 6.45) is 1.76. The van der Waals surface area contributed by atoms with E-state index in [0.717, 1.165) is 12.8 Å². The standard InChI is InChI=1S/C16H25N5O2.BrH/c1-16(2)20-14(17)19-15(18)21(16)23-11-7-6-10-22-12-13-8-4-3-5-9-13;/h3-5,8-9H,6-7,10-12H2,1-2H3,(H4,17,18,19,20);1H. The molecule has 4 N–H and O–H groups in total. The quantitative estimate of drug-likeness (QED) is 0.652. The summed E-state index contributed by atoms with van der Waals surface area (Å²) in [4.78, 5) is 13.8. The van der Waals surface area contributed by atoms with E-state index in [-0.39, 0.29) is 28.9 Å². The molecule has 0 saturated heterocycles. The van der Waals surface area contributed by atoms with Crippen LogP contribution >= 0.6 is 17.0 Å². The van der Waals surface area contributed by atoms with Crippen molar-refractivity contribution in [3.63, 3.8) is 0 Å². The van der Waals surface area contributed by atoms with Crippen LogP contribution in [0.15, 0.2) is 40.3 Å². The van der Waals surface area contributed by atoms with E-state index in [1.165, 1.54) is 10.6 Å². The molecule has 7 nitrogen and oxygen atoms in total. The number of nitrogens with zero attached hydrogens (tertiary/aromatic N) is 3. The Morgan fingerprint density at radius 1 is 1.08 bits per heavy atom. The largest absolute Gasteiger partial charge is 0.377 e. The van der Waals surface area contributed by atoms with Crippen molar-refractivity contribution < 1.29 is 9.57 Å². The minimum Gasteiger partial charge on any atom is -0.377 e. The highest BCUT2D eigenvalue weighted by molar-refractivity contribution is 8.93. The number of halogens is 1. The minimum atomic E-state index is -0.653. The van der Waals surface area contributed by atoms with Gasteiger partial charge in [0.15, 0.2) is 5.66 Å². The van der Waals surface area contributed by atoms with Crippen molar-refractivity contribution in [2.24, 2.45) is 21.5 Å². The van der Waals surface area contributed by atoms with Gasteiger partial charge < -0.3 is 16.2 Å². The molecule has 0 aliphatic carbocycles. The molecule has 1 heterocycles. The summed E-state index contributed by atoms with van der Waals surface area (Å²) in [5.41, 5.74) is 12.0. The number of hydroxylamine groups is 2. The van der Waals surface area contributed by atoms with Crippen LogP contribution in [0.3, 0.4) is 0 Å². The summed E-state index contributed by atoms with van der Waals surface area (Å²) < 4.78 is 5.63. The maximum absolute atomic E-state index is 5.84. The number of benzene rings is 1. The average Bonchev–Trinajstić information content (AvgIpc) is 2.48. The van der Waals surface area contributed by atoms with Gasteiger partial charge in [-0.3, -0.25) is 4.84 Å². The molecule has 0 saturated carbocycles. The second-order valence-corrected chi connectivity index (χ2v) is 5.81. The molecule has 2 rings (SSSR count). The Hall–Kier alpha value is -1.64. The monoisotopic (exact) mass is 399 g/mol. The lowest BCUT2D eigenvalue weighted by Crippen LogP contribution is -2.53. The van der Waals surface area contributed by atoms with Crippen molar-refractivity contribution in [3.05, 3.63) is 35.9 Å². The molecule has 0 fully saturated rings. The van der Waals surface area contributed by atoms with Crippen molar-refractivity contribution in [3.8, 4) is 0 Å². The fourth-order valence-electron chi connectivity index (χ4n) is 2.24. The maximum atomic E-state index is 5.84. The summed E-state index contributed by atoms with van der Waals surface area (Å²) in [5, 5.41) is 1.49. The molecule has 0 atom stereocenters. The van der Waals surface area contributed by atoms with Crippen molar-refractivity contribution in [1.82, 2.24) is 5.06 Å². The summed E-state index contributed by atoms with van der Waals surface area (Å²) in [5.74, 6) is 0.393. The molecule has 24 heavy (non-hydrogen) atoms. The van der Waals surface area contributed by atoms with E-state index in [1.807, 2.05) is 32.0 Å². The Balaban J connectivity index is 0.00000288. The van der Waals surface area contributed by atoms with E-state index in [0.29, 0.717) is 19.8 Å². The molecule has 0 spiro atoms. The number of aliphatic imine (C=N–C) groups is 2. The number of nitrogens with two attached hydrogens (primary N) is 2. The fourth-order valence-corrected chi connectivity index (χ4v) is 2.24. The van der Waals surface area contributed by atoms with Gasteiger partial charge in [-0.05, 0) is 32.3 Å². The molecule has 0 radical (unpaired) electrons. The van der Waals surface area contributed by atoms with Gasteiger partial charge in [-0.25, -0.2) is 4.99 Å². The first-order valence-corrected chi connectivity index (χ1v) is 7.73. The molecule has 1 aromatic rings. The molecular weight excluding hydrogens is 374 g/mol. The molecular formula is C16H26BrN5O2. The second kappa shape index (κ2) is 9.61. The lowest BCUT2D eigenvalue weighted by Gasteiger charge is -2.36. The molecule has 8 heteroatoms. The van der Waals surface area contributed by atoms with E-state index in [9.17, 15) is 0 Å². The fraction of sp³-hybridized carbons (Fsp3) is 0.500. The van der Waals surface area contributed by atoms with E-state index < -0.39 is 5.66 Å². The van der Waals surface area contributed by atoms with Crippen LogP contribution in [-0.4, -0.2) is 35.9 Å². The van der Waals surface area contributed by atoms with Crippen LogP contribution in [0.25, 0.3) is 0 Å². The highest BCUT2D eigenvalue weighted by atomic mass is 79.9. The summed E-state index contributed by atoms with van der Waals surface area (Å²) in [6, 6.07) is 10.1. The number of guanidine groups is 2. The highest BCUT2D eigenvalue weighted by Gasteiger charge is 2.32. The smallest absolute Gasteiger partial charge is 0.226 e. The van der Waals surface area contributed by atoms with E-state index in [4.69, 9.17) is 21.0 Å². The molecule has 0 bridgehead atoms. The van der Waals surface area contributed by atoms with Gasteiger partial charge in [-0.2, -0.15) is 10.1 Å². The van der Waals surface area contributed by atoms with Gasteiger partial charge in [-0.15, -0.1) is 17.0 Å². The van der Waals surface area contributed by atoms with Crippen LogP contribution in [0.2, 0.25) is 0 Å². The Bertz CT molecular complexity index is 563. The minimum absolute atomic E-state index is 0. The number of hydrogen-bond donors (Lipinski definition) is 2. The van der Waals surface area contributed by atoms with Gasteiger partial charge in [-0.1, -0.05) is 30.3 Å². The molecule has 1 aromatic carbocycles. The van der Waals surface area contributed by atoms with Crippen molar-refractivity contribution in [2.45, 2.75) is 39.0 Å². The average molecular weight is 400 g/mol.